The van der Waals surface area contributed by atoms with Crippen LogP contribution in [-0.4, -0.2) is 35.4 Å². The van der Waals surface area contributed by atoms with Gasteiger partial charge in [0.2, 0.25) is 0 Å². The van der Waals surface area contributed by atoms with E-state index in [-0.39, 0.29) is 12.6 Å². The van der Waals surface area contributed by atoms with Gasteiger partial charge in [-0.2, -0.15) is 13.2 Å². The Labute approximate surface area is 160 Å². The number of carbonyl (C=O) groups is 1. The molecule has 28 heavy (non-hydrogen) atoms. The zero-order valence-electron chi connectivity index (χ0n) is 15.5. The van der Waals surface area contributed by atoms with Crippen molar-refractivity contribution >= 4 is 5.91 Å². The first kappa shape index (κ1) is 20.1. The van der Waals surface area contributed by atoms with Crippen LogP contribution in [0.25, 0.3) is 0 Å². The number of benzene rings is 1. The number of likely N-dealkylation sites (tertiary alicyclic amines) is 1. The van der Waals surface area contributed by atoms with Gasteiger partial charge in [0, 0.05) is 12.7 Å². The minimum Gasteiger partial charge on any atom is -0.350 e. The summed E-state index contributed by atoms with van der Waals surface area (Å²) in [6, 6.07) is 8.43. The summed E-state index contributed by atoms with van der Waals surface area (Å²) < 4.78 is 38.6. The summed E-state index contributed by atoms with van der Waals surface area (Å²) in [5.41, 5.74) is -0.321. The van der Waals surface area contributed by atoms with Gasteiger partial charge in [0.1, 0.15) is 5.56 Å². The minimum atomic E-state index is -4.64. The molecular formula is C20H22F3N3O2. The maximum absolute atomic E-state index is 12.9. The van der Waals surface area contributed by atoms with Crippen LogP contribution in [0.5, 0.6) is 0 Å². The Hall–Kier alpha value is -2.61. The van der Waals surface area contributed by atoms with Crippen molar-refractivity contribution in [3.05, 3.63) is 69.1 Å². The molecular weight excluding hydrogens is 371 g/mol. The van der Waals surface area contributed by atoms with Crippen molar-refractivity contribution in [3.8, 4) is 0 Å². The van der Waals surface area contributed by atoms with E-state index in [4.69, 9.17) is 0 Å². The molecule has 8 heteroatoms. The van der Waals surface area contributed by atoms with E-state index in [0.29, 0.717) is 12.3 Å². The Morgan fingerprint density at radius 2 is 1.86 bits per heavy atom. The monoisotopic (exact) mass is 393 g/mol. The Bertz CT molecular complexity index is 885. The number of hydrogen-bond donors (Lipinski definition) is 2. The summed E-state index contributed by atoms with van der Waals surface area (Å²) in [6.45, 7) is 3.96. The van der Waals surface area contributed by atoms with Gasteiger partial charge in [-0.05, 0) is 44.5 Å². The minimum absolute atomic E-state index is 0.100. The van der Waals surface area contributed by atoms with Gasteiger partial charge in [0.05, 0.1) is 11.6 Å². The smallest absolute Gasteiger partial charge is 0.350 e. The van der Waals surface area contributed by atoms with E-state index in [2.05, 4.69) is 10.2 Å². The lowest BCUT2D eigenvalue weighted by Gasteiger charge is -2.28. The van der Waals surface area contributed by atoms with Crippen LogP contribution in [0.3, 0.4) is 0 Å². The first-order chi connectivity index (χ1) is 13.3. The Kier molecular flexibility index (Phi) is 5.88. The van der Waals surface area contributed by atoms with E-state index in [0.717, 1.165) is 37.1 Å². The van der Waals surface area contributed by atoms with E-state index in [1.165, 1.54) is 0 Å². The standard InChI is InChI=1S/C20H22F3N3O2/c1-13-4-6-14(7-5-13)17(26-8-2-3-9-26)12-25-19(28)16-10-15(20(21,22)23)11-24-18(16)27/h4-7,10-11,17H,2-3,8-9,12H2,1H3,(H,24,27)(H,25,28). The number of halogens is 3. The molecule has 1 aliphatic heterocycles. The summed E-state index contributed by atoms with van der Waals surface area (Å²) in [7, 11) is 0. The molecule has 150 valence electrons. The van der Waals surface area contributed by atoms with Crippen LogP contribution >= 0.6 is 0 Å². The molecule has 1 aromatic heterocycles. The van der Waals surface area contributed by atoms with Crippen molar-refractivity contribution in [2.45, 2.75) is 32.0 Å². The van der Waals surface area contributed by atoms with E-state index >= 15 is 0 Å². The third-order valence-corrected chi connectivity index (χ3v) is 4.97. The summed E-state index contributed by atoms with van der Waals surface area (Å²) in [4.78, 5) is 28.5. The number of aromatic amines is 1. The number of pyridine rings is 1. The number of nitrogens with one attached hydrogen (secondary N) is 2. The highest BCUT2D eigenvalue weighted by atomic mass is 19.4. The first-order valence-corrected chi connectivity index (χ1v) is 9.14. The number of aryl methyl sites for hydroxylation is 1. The van der Waals surface area contributed by atoms with Gasteiger partial charge < -0.3 is 10.3 Å². The predicted molar refractivity (Wildman–Crippen MR) is 99.1 cm³/mol. The van der Waals surface area contributed by atoms with Crippen molar-refractivity contribution < 1.29 is 18.0 Å². The molecule has 0 aliphatic carbocycles. The second kappa shape index (κ2) is 8.18. The van der Waals surface area contributed by atoms with Gasteiger partial charge in [-0.15, -0.1) is 0 Å². The molecule has 2 heterocycles. The maximum Gasteiger partial charge on any atom is 0.417 e. The lowest BCUT2D eigenvalue weighted by atomic mass is 10.0. The highest BCUT2D eigenvalue weighted by molar-refractivity contribution is 5.94. The molecule has 1 aliphatic rings. The van der Waals surface area contributed by atoms with Crippen LogP contribution in [0.15, 0.2) is 41.3 Å². The molecule has 0 saturated carbocycles. The van der Waals surface area contributed by atoms with Crippen molar-refractivity contribution in [1.29, 1.82) is 0 Å². The fourth-order valence-electron chi connectivity index (χ4n) is 3.40. The van der Waals surface area contributed by atoms with E-state index in [1.54, 1.807) is 0 Å². The Morgan fingerprint density at radius 3 is 2.46 bits per heavy atom. The van der Waals surface area contributed by atoms with Crippen LogP contribution in [0.2, 0.25) is 0 Å². The zero-order chi connectivity index (χ0) is 20.3. The molecule has 1 saturated heterocycles. The third-order valence-electron chi connectivity index (χ3n) is 4.97. The summed E-state index contributed by atoms with van der Waals surface area (Å²) >= 11 is 0. The lowest BCUT2D eigenvalue weighted by Crippen LogP contribution is -2.38. The highest BCUT2D eigenvalue weighted by Gasteiger charge is 2.32. The molecule has 0 spiro atoms. The van der Waals surface area contributed by atoms with Crippen LogP contribution < -0.4 is 10.9 Å². The zero-order valence-corrected chi connectivity index (χ0v) is 15.5. The molecule has 3 rings (SSSR count). The van der Waals surface area contributed by atoms with Gasteiger partial charge in [-0.1, -0.05) is 29.8 Å². The highest BCUT2D eigenvalue weighted by Crippen LogP contribution is 2.28. The fraction of sp³-hybridized carbons (Fsp3) is 0.400. The maximum atomic E-state index is 12.9. The lowest BCUT2D eigenvalue weighted by molar-refractivity contribution is -0.137. The number of aromatic nitrogens is 1. The number of H-pyrrole nitrogens is 1. The molecule has 0 bridgehead atoms. The van der Waals surface area contributed by atoms with Crippen LogP contribution in [0.1, 0.15) is 45.9 Å². The molecule has 2 N–H and O–H groups in total. The topological polar surface area (TPSA) is 65.2 Å². The van der Waals surface area contributed by atoms with Crippen LogP contribution in [0, 0.1) is 6.92 Å². The summed E-state index contributed by atoms with van der Waals surface area (Å²) in [5.74, 6) is -0.816. The van der Waals surface area contributed by atoms with Crippen LogP contribution in [-0.2, 0) is 6.18 Å². The SMILES string of the molecule is Cc1ccc(C(CNC(=O)c2cc(C(F)(F)F)c[nH]c2=O)N2CCCC2)cc1. The Balaban J connectivity index is 1.78. The first-order valence-electron chi connectivity index (χ1n) is 9.14. The van der Waals surface area contributed by atoms with Gasteiger partial charge >= 0.3 is 6.18 Å². The van der Waals surface area contributed by atoms with Crippen molar-refractivity contribution in [2.75, 3.05) is 19.6 Å². The van der Waals surface area contributed by atoms with Gasteiger partial charge in [-0.3, -0.25) is 14.5 Å². The summed E-state index contributed by atoms with van der Waals surface area (Å²) in [5, 5.41) is 2.64. The second-order valence-electron chi connectivity index (χ2n) is 7.01. The molecule has 1 fully saturated rings. The number of amides is 1. The number of rotatable bonds is 5. The van der Waals surface area contributed by atoms with Gasteiger partial charge in [-0.25, -0.2) is 0 Å². The largest absolute Gasteiger partial charge is 0.417 e. The predicted octanol–water partition coefficient (Wildman–Crippen LogP) is 3.27. The number of alkyl halides is 3. The number of nitrogens with zero attached hydrogens (tertiary/aromatic N) is 1. The average molecular weight is 393 g/mol. The third kappa shape index (κ3) is 4.62. The van der Waals surface area contributed by atoms with E-state index < -0.39 is 28.8 Å². The van der Waals surface area contributed by atoms with Crippen molar-refractivity contribution in [2.24, 2.45) is 0 Å². The van der Waals surface area contributed by atoms with E-state index in [9.17, 15) is 22.8 Å². The van der Waals surface area contributed by atoms with Gasteiger partial charge in [0.15, 0.2) is 0 Å². The van der Waals surface area contributed by atoms with Crippen molar-refractivity contribution in [1.82, 2.24) is 15.2 Å². The quantitative estimate of drug-likeness (QED) is 0.820. The second-order valence-corrected chi connectivity index (χ2v) is 7.01. The fourth-order valence-corrected chi connectivity index (χ4v) is 3.40. The summed E-state index contributed by atoms with van der Waals surface area (Å²) in [6.07, 6.45) is -1.95. The van der Waals surface area contributed by atoms with E-state index in [1.807, 2.05) is 36.2 Å². The Morgan fingerprint density at radius 1 is 1.21 bits per heavy atom. The van der Waals surface area contributed by atoms with Crippen LogP contribution in [0.4, 0.5) is 13.2 Å². The molecule has 5 nitrogen and oxygen atoms in total. The molecule has 1 atom stereocenters. The molecule has 1 unspecified atom stereocenters. The average Bonchev–Trinajstić information content (AvgIpc) is 3.17. The number of carbonyl (C=O) groups excluding carboxylic acids is 1. The van der Waals surface area contributed by atoms with Crippen molar-refractivity contribution in [3.63, 3.8) is 0 Å². The molecule has 1 aromatic carbocycles. The molecule has 0 radical (unpaired) electrons. The van der Waals surface area contributed by atoms with Gasteiger partial charge in [0.25, 0.3) is 11.5 Å². The molecule has 1 amide bonds. The normalized spacial score (nSPS) is 16.1. The molecule has 2 aromatic rings. The number of hydrogen-bond acceptors (Lipinski definition) is 3.